The summed E-state index contributed by atoms with van der Waals surface area (Å²) < 4.78 is 32.9. The topological polar surface area (TPSA) is 44.8 Å². The molecule has 0 amide bonds. The molecule has 0 unspecified atom stereocenters. The van der Waals surface area contributed by atoms with Gasteiger partial charge in [0.05, 0.1) is 0 Å². The number of phosphoric acid groups is 1. The van der Waals surface area contributed by atoms with Gasteiger partial charge in [0.15, 0.2) is 0 Å². The zero-order valence-corrected chi connectivity index (χ0v) is 30.6. The number of phosphoric ester groups is 1. The van der Waals surface area contributed by atoms with Crippen LogP contribution in [-0.4, -0.2) is 0 Å². The number of rotatable bonds is 12. The molecule has 0 fully saturated rings. The first-order chi connectivity index (χ1) is 23.9. The van der Waals surface area contributed by atoms with Crippen LogP contribution in [0.4, 0.5) is 0 Å². The number of hydrogen-bond acceptors (Lipinski definition) is 4. The molecule has 6 rings (SSSR count). The molecule has 0 N–H and O–H groups in total. The van der Waals surface area contributed by atoms with E-state index in [4.69, 9.17) is 13.6 Å². The molecule has 0 saturated heterocycles. The molecule has 0 spiro atoms. The highest BCUT2D eigenvalue weighted by Gasteiger charge is 2.34. The summed E-state index contributed by atoms with van der Waals surface area (Å²) in [5.74, 6) is 1.14. The van der Waals surface area contributed by atoms with Crippen LogP contribution in [0.15, 0.2) is 164 Å². The Morgan fingerprint density at radius 1 is 0.320 bits per heavy atom. The van der Waals surface area contributed by atoms with Crippen LogP contribution < -0.4 is 13.6 Å². The van der Waals surface area contributed by atoms with Gasteiger partial charge in [0.1, 0.15) is 17.2 Å². The summed E-state index contributed by atoms with van der Waals surface area (Å²) >= 11 is 0. The SMILES string of the molecule is CC(C)(c1ccccc1)c1ccc(OP(=O)(Oc2ccc(C(C)(C)c3ccccc3)cc2)Oc2ccc(C(C)(C)c3ccccc3)cc2)cc1. The highest BCUT2D eigenvalue weighted by Crippen LogP contribution is 2.50. The maximum absolute atomic E-state index is 14.6. The fourth-order valence-corrected chi connectivity index (χ4v) is 7.56. The van der Waals surface area contributed by atoms with Crippen molar-refractivity contribution in [2.24, 2.45) is 0 Å². The maximum Gasteiger partial charge on any atom is 0.647 e. The van der Waals surface area contributed by atoms with Crippen molar-refractivity contribution in [2.45, 2.75) is 57.8 Å². The van der Waals surface area contributed by atoms with Gasteiger partial charge in [-0.3, -0.25) is 0 Å². The van der Waals surface area contributed by atoms with Gasteiger partial charge in [-0.1, -0.05) is 169 Å². The lowest BCUT2D eigenvalue weighted by Gasteiger charge is -2.27. The minimum atomic E-state index is -4.23. The Kier molecular flexibility index (Phi) is 9.78. The van der Waals surface area contributed by atoms with Crippen molar-refractivity contribution in [1.82, 2.24) is 0 Å². The first-order valence-corrected chi connectivity index (χ1v) is 18.5. The maximum atomic E-state index is 14.6. The van der Waals surface area contributed by atoms with Gasteiger partial charge in [0, 0.05) is 16.2 Å². The normalized spacial score (nSPS) is 12.3. The summed E-state index contributed by atoms with van der Waals surface area (Å²) in [5.41, 5.74) is 6.18. The summed E-state index contributed by atoms with van der Waals surface area (Å²) in [7, 11) is -4.23. The lowest BCUT2D eigenvalue weighted by atomic mass is 9.78. The van der Waals surface area contributed by atoms with Gasteiger partial charge in [-0.25, -0.2) is 0 Å². The molecular weight excluding hydrogens is 635 g/mol. The van der Waals surface area contributed by atoms with E-state index in [1.165, 1.54) is 16.7 Å². The smallest absolute Gasteiger partial charge is 0.386 e. The third-order valence-electron chi connectivity index (χ3n) is 9.87. The molecule has 50 heavy (non-hydrogen) atoms. The first kappa shape index (κ1) is 34.8. The van der Waals surface area contributed by atoms with Crippen molar-refractivity contribution in [3.05, 3.63) is 197 Å². The summed E-state index contributed by atoms with van der Waals surface area (Å²) in [6.07, 6.45) is 0. The molecular formula is C45H45O4P. The Morgan fingerprint density at radius 3 is 0.740 bits per heavy atom. The van der Waals surface area contributed by atoms with Gasteiger partial charge in [-0.15, -0.1) is 0 Å². The minimum Gasteiger partial charge on any atom is -0.386 e. The summed E-state index contributed by atoms with van der Waals surface area (Å²) in [4.78, 5) is 0. The lowest BCUT2D eigenvalue weighted by Crippen LogP contribution is -2.19. The lowest BCUT2D eigenvalue weighted by molar-refractivity contribution is 0.298. The molecule has 0 aliphatic heterocycles. The standard InChI is InChI=1S/C45H45O4P/c1-43(2,34-16-10-7-11-17-34)37-22-28-40(29-23-37)47-50(46,48-41-30-24-38(25-31-41)44(3,4)35-18-12-8-13-19-35)49-42-32-26-39(27-33-42)45(5,6)36-20-14-9-15-21-36/h7-33H,1-6H3. The van der Waals surface area contributed by atoms with Gasteiger partial charge in [-0.2, -0.15) is 4.57 Å². The Hall–Kier alpha value is -5.05. The molecule has 254 valence electrons. The zero-order valence-electron chi connectivity index (χ0n) is 29.7. The molecule has 0 atom stereocenters. The fraction of sp³-hybridized carbons (Fsp3) is 0.200. The van der Waals surface area contributed by atoms with Crippen LogP contribution in [0, 0.1) is 0 Å². The van der Waals surface area contributed by atoms with Crippen molar-refractivity contribution in [3.8, 4) is 17.2 Å². The molecule has 4 nitrogen and oxygen atoms in total. The Labute approximate surface area is 297 Å². The highest BCUT2D eigenvalue weighted by molar-refractivity contribution is 7.49. The van der Waals surface area contributed by atoms with Gasteiger partial charge in [0.25, 0.3) is 0 Å². The van der Waals surface area contributed by atoms with Crippen LogP contribution in [0.5, 0.6) is 17.2 Å². The van der Waals surface area contributed by atoms with Crippen LogP contribution in [0.1, 0.15) is 74.9 Å². The van der Waals surface area contributed by atoms with Crippen LogP contribution in [0.3, 0.4) is 0 Å². The van der Waals surface area contributed by atoms with Gasteiger partial charge < -0.3 is 13.6 Å². The predicted molar refractivity (Wildman–Crippen MR) is 205 cm³/mol. The van der Waals surface area contributed by atoms with E-state index >= 15 is 0 Å². The largest absolute Gasteiger partial charge is 0.647 e. The molecule has 0 aliphatic rings. The molecule has 5 heteroatoms. The Morgan fingerprint density at radius 2 is 0.520 bits per heavy atom. The van der Waals surface area contributed by atoms with Gasteiger partial charge in [0.2, 0.25) is 0 Å². The van der Waals surface area contributed by atoms with E-state index in [9.17, 15) is 4.57 Å². The van der Waals surface area contributed by atoms with Crippen LogP contribution >= 0.6 is 7.82 Å². The predicted octanol–water partition coefficient (Wildman–Crippen LogP) is 12.3. The third kappa shape index (κ3) is 7.57. The van der Waals surface area contributed by atoms with Crippen LogP contribution in [0.2, 0.25) is 0 Å². The zero-order chi connectivity index (χ0) is 35.4. The molecule has 0 aromatic heterocycles. The monoisotopic (exact) mass is 680 g/mol. The second-order valence-electron chi connectivity index (χ2n) is 14.3. The van der Waals surface area contributed by atoms with E-state index in [2.05, 4.69) is 77.9 Å². The molecule has 0 heterocycles. The van der Waals surface area contributed by atoms with Crippen LogP contribution in [-0.2, 0) is 20.8 Å². The molecule has 6 aromatic rings. The van der Waals surface area contributed by atoms with Crippen molar-refractivity contribution < 1.29 is 18.1 Å². The fourth-order valence-electron chi connectivity index (χ4n) is 6.31. The quantitative estimate of drug-likeness (QED) is 0.121. The third-order valence-corrected chi connectivity index (χ3v) is 11.2. The van der Waals surface area contributed by atoms with Crippen molar-refractivity contribution in [2.75, 3.05) is 0 Å². The summed E-state index contributed by atoms with van der Waals surface area (Å²) in [6, 6.07) is 53.9. The average molecular weight is 681 g/mol. The van der Waals surface area contributed by atoms with E-state index in [0.29, 0.717) is 17.2 Å². The van der Waals surface area contributed by atoms with Gasteiger partial charge in [-0.05, 0) is 69.8 Å². The van der Waals surface area contributed by atoms with Gasteiger partial charge >= 0.3 is 7.82 Å². The van der Waals surface area contributed by atoms with E-state index in [0.717, 1.165) is 16.7 Å². The van der Waals surface area contributed by atoms with E-state index < -0.39 is 7.82 Å². The van der Waals surface area contributed by atoms with Crippen molar-refractivity contribution >= 4 is 7.82 Å². The van der Waals surface area contributed by atoms with Crippen molar-refractivity contribution in [1.29, 1.82) is 0 Å². The minimum absolute atomic E-state index is 0.235. The average Bonchev–Trinajstić information content (AvgIpc) is 3.13. The molecule has 0 aliphatic carbocycles. The number of hydrogen-bond donors (Lipinski definition) is 0. The first-order valence-electron chi connectivity index (χ1n) is 17.0. The van der Waals surface area contributed by atoms with Crippen molar-refractivity contribution in [3.63, 3.8) is 0 Å². The highest BCUT2D eigenvalue weighted by atomic mass is 31.2. The molecule has 6 aromatic carbocycles. The molecule has 0 radical (unpaired) electrons. The van der Waals surface area contributed by atoms with E-state index in [1.807, 2.05) is 127 Å². The summed E-state index contributed by atoms with van der Waals surface area (Å²) in [5, 5.41) is 0. The Bertz CT molecular complexity index is 1800. The molecule has 0 saturated carbocycles. The Balaban J connectivity index is 1.27. The van der Waals surface area contributed by atoms with Crippen LogP contribution in [0.25, 0.3) is 0 Å². The number of benzene rings is 6. The molecule has 0 bridgehead atoms. The second-order valence-corrected chi connectivity index (χ2v) is 15.7. The van der Waals surface area contributed by atoms with E-state index in [1.54, 1.807) is 0 Å². The van der Waals surface area contributed by atoms with E-state index in [-0.39, 0.29) is 16.2 Å². The second kappa shape index (κ2) is 14.1. The summed E-state index contributed by atoms with van der Waals surface area (Å²) in [6.45, 7) is 13.1.